The molecule has 1 amide bonds. The van der Waals surface area contributed by atoms with Gasteiger partial charge in [-0.15, -0.1) is 5.10 Å². The van der Waals surface area contributed by atoms with Crippen LogP contribution in [0.3, 0.4) is 0 Å². The number of anilines is 1. The number of nitrogens with one attached hydrogen (secondary N) is 1. The fraction of sp³-hybridized carbons (Fsp3) is 0.150. The molecule has 0 aliphatic rings. The highest BCUT2D eigenvalue weighted by Gasteiger charge is 2.16. The standard InChI is InChI=1S/C20H17ClN6O3S/c1-29-14-5-3-4-13(9-14)27-19-18(25-26-27)20(23-11-22-19)31-10-17(28)24-15-8-12(21)6-7-16(15)30-2/h3-9,11H,10H2,1-2H3,(H,24,28). The third-order valence-corrected chi connectivity index (χ3v) is 5.49. The van der Waals surface area contributed by atoms with Gasteiger partial charge in [-0.3, -0.25) is 4.79 Å². The molecule has 0 fully saturated rings. The maximum Gasteiger partial charge on any atom is 0.234 e. The van der Waals surface area contributed by atoms with E-state index >= 15 is 0 Å². The van der Waals surface area contributed by atoms with Crippen LogP contribution in [0.5, 0.6) is 11.5 Å². The van der Waals surface area contributed by atoms with Gasteiger partial charge in [-0.05, 0) is 30.3 Å². The molecule has 0 saturated heterocycles. The van der Waals surface area contributed by atoms with Gasteiger partial charge in [0.05, 0.1) is 31.3 Å². The van der Waals surface area contributed by atoms with E-state index in [2.05, 4.69) is 25.6 Å². The summed E-state index contributed by atoms with van der Waals surface area (Å²) in [6.07, 6.45) is 1.42. The van der Waals surface area contributed by atoms with E-state index in [0.29, 0.717) is 38.4 Å². The minimum atomic E-state index is -0.238. The van der Waals surface area contributed by atoms with E-state index < -0.39 is 0 Å². The molecule has 2 aromatic heterocycles. The van der Waals surface area contributed by atoms with Gasteiger partial charge in [-0.2, -0.15) is 4.68 Å². The average molecular weight is 457 g/mol. The molecule has 9 nitrogen and oxygen atoms in total. The lowest BCUT2D eigenvalue weighted by molar-refractivity contribution is -0.113. The summed E-state index contributed by atoms with van der Waals surface area (Å²) < 4.78 is 12.1. The smallest absolute Gasteiger partial charge is 0.234 e. The van der Waals surface area contributed by atoms with Crippen molar-refractivity contribution in [3.63, 3.8) is 0 Å². The summed E-state index contributed by atoms with van der Waals surface area (Å²) in [6, 6.07) is 12.4. The van der Waals surface area contributed by atoms with Crippen LogP contribution in [0.15, 0.2) is 53.8 Å². The van der Waals surface area contributed by atoms with Crippen molar-refractivity contribution >= 4 is 46.1 Å². The molecule has 1 N–H and O–H groups in total. The lowest BCUT2D eigenvalue weighted by atomic mass is 10.3. The van der Waals surface area contributed by atoms with Crippen molar-refractivity contribution in [1.29, 1.82) is 0 Å². The van der Waals surface area contributed by atoms with Crippen molar-refractivity contribution in [2.24, 2.45) is 0 Å². The van der Waals surface area contributed by atoms with Gasteiger partial charge < -0.3 is 14.8 Å². The summed E-state index contributed by atoms with van der Waals surface area (Å²) in [5.41, 5.74) is 2.28. The van der Waals surface area contributed by atoms with Gasteiger partial charge >= 0.3 is 0 Å². The first-order valence-corrected chi connectivity index (χ1v) is 10.4. The molecule has 0 atom stereocenters. The van der Waals surface area contributed by atoms with Gasteiger partial charge in [-0.1, -0.05) is 34.6 Å². The number of carbonyl (C=O) groups is 1. The Morgan fingerprint density at radius 1 is 1.16 bits per heavy atom. The summed E-state index contributed by atoms with van der Waals surface area (Å²) in [4.78, 5) is 21.0. The number of hydrogen-bond acceptors (Lipinski definition) is 8. The maximum absolute atomic E-state index is 12.5. The van der Waals surface area contributed by atoms with E-state index in [4.69, 9.17) is 21.1 Å². The Balaban J connectivity index is 1.52. The number of rotatable bonds is 7. The van der Waals surface area contributed by atoms with Gasteiger partial charge in [0.15, 0.2) is 11.2 Å². The number of fused-ring (bicyclic) bond motifs is 1. The summed E-state index contributed by atoms with van der Waals surface area (Å²) in [7, 11) is 3.12. The molecular formula is C20H17ClN6O3S. The number of thioether (sulfide) groups is 1. The van der Waals surface area contributed by atoms with Crippen molar-refractivity contribution in [2.75, 3.05) is 25.3 Å². The Labute approximate surface area is 186 Å². The molecule has 2 heterocycles. The Hall–Kier alpha value is -3.37. The fourth-order valence-electron chi connectivity index (χ4n) is 2.85. The normalized spacial score (nSPS) is 10.8. The predicted molar refractivity (Wildman–Crippen MR) is 118 cm³/mol. The van der Waals surface area contributed by atoms with E-state index in [1.165, 1.54) is 25.2 Å². The highest BCUT2D eigenvalue weighted by molar-refractivity contribution is 8.00. The van der Waals surface area contributed by atoms with Crippen molar-refractivity contribution in [3.05, 3.63) is 53.8 Å². The van der Waals surface area contributed by atoms with Crippen LogP contribution >= 0.6 is 23.4 Å². The average Bonchev–Trinajstić information content (AvgIpc) is 3.23. The zero-order valence-corrected chi connectivity index (χ0v) is 18.1. The van der Waals surface area contributed by atoms with Crippen LogP contribution < -0.4 is 14.8 Å². The number of amides is 1. The van der Waals surface area contributed by atoms with Gasteiger partial charge in [0.1, 0.15) is 22.9 Å². The van der Waals surface area contributed by atoms with Crippen LogP contribution in [0.2, 0.25) is 5.02 Å². The van der Waals surface area contributed by atoms with Crippen molar-refractivity contribution < 1.29 is 14.3 Å². The largest absolute Gasteiger partial charge is 0.497 e. The van der Waals surface area contributed by atoms with Gasteiger partial charge in [0.25, 0.3) is 0 Å². The third-order valence-electron chi connectivity index (χ3n) is 4.28. The highest BCUT2D eigenvalue weighted by Crippen LogP contribution is 2.29. The molecule has 0 radical (unpaired) electrons. The van der Waals surface area contributed by atoms with Crippen LogP contribution in [0, 0.1) is 0 Å². The van der Waals surface area contributed by atoms with Crippen LogP contribution in [-0.4, -0.2) is 50.8 Å². The molecule has 0 unspecified atom stereocenters. The van der Waals surface area contributed by atoms with Crippen LogP contribution in [0.25, 0.3) is 16.9 Å². The number of carbonyl (C=O) groups excluding carboxylic acids is 1. The van der Waals surface area contributed by atoms with Gasteiger partial charge in [0.2, 0.25) is 5.91 Å². The second-order valence-electron chi connectivity index (χ2n) is 6.24. The molecule has 0 bridgehead atoms. The van der Waals surface area contributed by atoms with Crippen LogP contribution in [0.4, 0.5) is 5.69 Å². The van der Waals surface area contributed by atoms with E-state index in [0.717, 1.165) is 5.69 Å². The second-order valence-corrected chi connectivity index (χ2v) is 7.64. The monoisotopic (exact) mass is 456 g/mol. The number of hydrogen-bond donors (Lipinski definition) is 1. The maximum atomic E-state index is 12.5. The second kappa shape index (κ2) is 9.19. The topological polar surface area (TPSA) is 104 Å². The summed E-state index contributed by atoms with van der Waals surface area (Å²) in [5, 5.41) is 12.2. The molecule has 0 spiro atoms. The summed E-state index contributed by atoms with van der Waals surface area (Å²) in [5.74, 6) is 1.08. The molecular weight excluding hydrogens is 440 g/mol. The zero-order valence-electron chi connectivity index (χ0n) is 16.6. The van der Waals surface area contributed by atoms with E-state index in [9.17, 15) is 4.79 Å². The lowest BCUT2D eigenvalue weighted by Crippen LogP contribution is -2.15. The molecule has 11 heteroatoms. The minimum absolute atomic E-state index is 0.105. The number of aromatic nitrogens is 5. The van der Waals surface area contributed by atoms with E-state index in [1.54, 1.807) is 30.0 Å². The predicted octanol–water partition coefficient (Wildman–Crippen LogP) is 3.61. The Morgan fingerprint density at radius 2 is 2.03 bits per heavy atom. The summed E-state index contributed by atoms with van der Waals surface area (Å²) >= 11 is 7.25. The van der Waals surface area contributed by atoms with Gasteiger partial charge in [0, 0.05) is 11.1 Å². The number of benzene rings is 2. The van der Waals surface area contributed by atoms with Crippen molar-refractivity contribution in [2.45, 2.75) is 5.03 Å². The third kappa shape index (κ3) is 4.54. The fourth-order valence-corrected chi connectivity index (χ4v) is 3.75. The molecule has 4 rings (SSSR count). The summed E-state index contributed by atoms with van der Waals surface area (Å²) in [6.45, 7) is 0. The molecule has 0 aliphatic carbocycles. The van der Waals surface area contributed by atoms with Gasteiger partial charge in [-0.25, -0.2) is 9.97 Å². The van der Waals surface area contributed by atoms with E-state index in [-0.39, 0.29) is 11.7 Å². The number of ether oxygens (including phenoxy) is 2. The molecule has 4 aromatic rings. The number of methoxy groups -OCH3 is 2. The first-order valence-electron chi connectivity index (χ1n) is 9.06. The molecule has 158 valence electrons. The molecule has 2 aromatic carbocycles. The highest BCUT2D eigenvalue weighted by atomic mass is 35.5. The Bertz CT molecular complexity index is 1250. The number of nitrogens with zero attached hydrogens (tertiary/aromatic N) is 5. The minimum Gasteiger partial charge on any atom is -0.497 e. The molecule has 31 heavy (non-hydrogen) atoms. The van der Waals surface area contributed by atoms with Crippen molar-refractivity contribution in [3.8, 4) is 17.2 Å². The number of halogens is 1. The molecule has 0 saturated carbocycles. The first-order chi connectivity index (χ1) is 15.1. The lowest BCUT2D eigenvalue weighted by Gasteiger charge is -2.10. The van der Waals surface area contributed by atoms with Crippen LogP contribution in [0.1, 0.15) is 0 Å². The SMILES string of the molecule is COc1cccc(-n2nnc3c(SCC(=O)Nc4cc(Cl)ccc4OC)ncnc32)c1. The first kappa shape index (κ1) is 20.9. The quantitative estimate of drug-likeness (QED) is 0.332. The Morgan fingerprint density at radius 3 is 2.84 bits per heavy atom. The van der Waals surface area contributed by atoms with E-state index in [1.807, 2.05) is 24.3 Å². The Kier molecular flexibility index (Phi) is 6.19. The van der Waals surface area contributed by atoms with Crippen LogP contribution in [-0.2, 0) is 4.79 Å². The van der Waals surface area contributed by atoms with Crippen molar-refractivity contribution in [1.82, 2.24) is 25.0 Å². The zero-order chi connectivity index (χ0) is 21.8. The molecule has 0 aliphatic heterocycles.